The summed E-state index contributed by atoms with van der Waals surface area (Å²) in [6.07, 6.45) is 1.82. The van der Waals surface area contributed by atoms with Gasteiger partial charge in [0.1, 0.15) is 0 Å². The molecule has 2 aliphatic rings. The SMILES string of the molecule is Cn1cc(NC(=O)N2CCN(C(=O)N3CCCCC3)CC2)c(C(F)F)n1. The fraction of sp³-hybridized carbons (Fsp3) is 0.688. The molecule has 144 valence electrons. The number of rotatable bonds is 2. The normalized spacial score (nSPS) is 18.4. The third kappa shape index (κ3) is 4.05. The van der Waals surface area contributed by atoms with E-state index in [-0.39, 0.29) is 11.7 Å². The number of hydrogen-bond acceptors (Lipinski definition) is 3. The van der Waals surface area contributed by atoms with Gasteiger partial charge < -0.3 is 20.0 Å². The van der Waals surface area contributed by atoms with Crippen molar-refractivity contribution in [1.29, 1.82) is 0 Å². The number of carbonyl (C=O) groups excluding carboxylic acids is 2. The molecule has 0 spiro atoms. The van der Waals surface area contributed by atoms with Crippen LogP contribution in [0.15, 0.2) is 6.20 Å². The highest BCUT2D eigenvalue weighted by molar-refractivity contribution is 5.90. The summed E-state index contributed by atoms with van der Waals surface area (Å²) in [6, 6.07) is -0.429. The van der Waals surface area contributed by atoms with Crippen LogP contribution in [-0.4, -0.2) is 75.8 Å². The lowest BCUT2D eigenvalue weighted by Crippen LogP contribution is -2.55. The average Bonchev–Trinajstić information content (AvgIpc) is 3.02. The lowest BCUT2D eigenvalue weighted by molar-refractivity contribution is 0.116. The molecule has 2 aliphatic heterocycles. The predicted molar refractivity (Wildman–Crippen MR) is 91.1 cm³/mol. The zero-order valence-electron chi connectivity index (χ0n) is 14.8. The summed E-state index contributed by atoms with van der Waals surface area (Å²) < 4.78 is 27.2. The molecule has 1 N–H and O–H groups in total. The first-order valence-electron chi connectivity index (χ1n) is 8.87. The monoisotopic (exact) mass is 370 g/mol. The van der Waals surface area contributed by atoms with Gasteiger partial charge in [0.15, 0.2) is 5.69 Å². The first kappa shape index (κ1) is 18.4. The summed E-state index contributed by atoms with van der Waals surface area (Å²) in [7, 11) is 1.52. The number of nitrogens with one attached hydrogen (secondary N) is 1. The largest absolute Gasteiger partial charge is 0.325 e. The van der Waals surface area contributed by atoms with Gasteiger partial charge in [0.2, 0.25) is 0 Å². The molecule has 3 rings (SSSR count). The number of carbonyl (C=O) groups is 2. The predicted octanol–water partition coefficient (Wildman–Crippen LogP) is 2.11. The van der Waals surface area contributed by atoms with Crippen LogP contribution in [0.25, 0.3) is 0 Å². The number of urea groups is 2. The Balaban J connectivity index is 1.53. The van der Waals surface area contributed by atoms with Crippen LogP contribution in [0, 0.1) is 0 Å². The third-order valence-electron chi connectivity index (χ3n) is 4.77. The van der Waals surface area contributed by atoms with Gasteiger partial charge in [-0.25, -0.2) is 18.4 Å². The van der Waals surface area contributed by atoms with Crippen LogP contribution >= 0.6 is 0 Å². The van der Waals surface area contributed by atoms with Gasteiger partial charge in [-0.15, -0.1) is 0 Å². The summed E-state index contributed by atoms with van der Waals surface area (Å²) in [5.74, 6) is 0. The number of amides is 4. The van der Waals surface area contributed by atoms with E-state index in [2.05, 4.69) is 10.4 Å². The number of anilines is 1. The standard InChI is InChI=1S/C16H24F2N6O2/c1-21-11-12(13(20-21)14(17)18)19-15(25)22-7-9-24(10-8-22)16(26)23-5-3-2-4-6-23/h11,14H,2-10H2,1H3,(H,19,25). The van der Waals surface area contributed by atoms with E-state index >= 15 is 0 Å². The fourth-order valence-electron chi connectivity index (χ4n) is 3.34. The van der Waals surface area contributed by atoms with Crippen LogP contribution in [0.3, 0.4) is 0 Å². The number of likely N-dealkylation sites (tertiary alicyclic amines) is 1. The molecule has 0 saturated carbocycles. The van der Waals surface area contributed by atoms with E-state index in [1.165, 1.54) is 22.8 Å². The number of alkyl halides is 2. The zero-order chi connectivity index (χ0) is 18.7. The minimum absolute atomic E-state index is 0.0133. The number of piperazine rings is 1. The van der Waals surface area contributed by atoms with Gasteiger partial charge >= 0.3 is 12.1 Å². The van der Waals surface area contributed by atoms with E-state index < -0.39 is 18.2 Å². The van der Waals surface area contributed by atoms with Crippen molar-refractivity contribution in [2.75, 3.05) is 44.6 Å². The van der Waals surface area contributed by atoms with Crippen molar-refractivity contribution in [3.05, 3.63) is 11.9 Å². The highest BCUT2D eigenvalue weighted by atomic mass is 19.3. The van der Waals surface area contributed by atoms with Crippen molar-refractivity contribution in [3.8, 4) is 0 Å². The molecule has 0 aromatic carbocycles. The number of aryl methyl sites for hydroxylation is 1. The number of nitrogens with zero attached hydrogens (tertiary/aromatic N) is 5. The highest BCUT2D eigenvalue weighted by Crippen LogP contribution is 2.25. The summed E-state index contributed by atoms with van der Waals surface area (Å²) in [5.41, 5.74) is -0.431. The fourth-order valence-corrected chi connectivity index (χ4v) is 3.34. The van der Waals surface area contributed by atoms with E-state index in [1.54, 1.807) is 4.90 Å². The van der Waals surface area contributed by atoms with Crippen molar-refractivity contribution in [1.82, 2.24) is 24.5 Å². The molecule has 4 amide bonds. The van der Waals surface area contributed by atoms with Crippen LogP contribution in [0.2, 0.25) is 0 Å². The number of aromatic nitrogens is 2. The summed E-state index contributed by atoms with van der Waals surface area (Å²) in [4.78, 5) is 30.0. The maximum Gasteiger partial charge on any atom is 0.322 e. The Hall–Kier alpha value is -2.39. The Labute approximate surface area is 150 Å². The lowest BCUT2D eigenvalue weighted by Gasteiger charge is -2.38. The van der Waals surface area contributed by atoms with Crippen molar-refractivity contribution in [2.45, 2.75) is 25.7 Å². The maximum atomic E-state index is 13.0. The van der Waals surface area contributed by atoms with Crippen LogP contribution < -0.4 is 5.32 Å². The van der Waals surface area contributed by atoms with Crippen molar-refractivity contribution in [2.24, 2.45) is 7.05 Å². The number of piperidine rings is 1. The van der Waals surface area contributed by atoms with E-state index in [4.69, 9.17) is 0 Å². The Morgan fingerprint density at radius 1 is 1.00 bits per heavy atom. The van der Waals surface area contributed by atoms with Crippen LogP contribution in [0.1, 0.15) is 31.4 Å². The van der Waals surface area contributed by atoms with Crippen molar-refractivity contribution < 1.29 is 18.4 Å². The summed E-state index contributed by atoms with van der Waals surface area (Å²) in [6.45, 7) is 3.20. The Kier molecular flexibility index (Phi) is 5.58. The molecule has 26 heavy (non-hydrogen) atoms. The second kappa shape index (κ2) is 7.88. The molecule has 1 aromatic rings. The molecular formula is C16H24F2N6O2. The first-order valence-corrected chi connectivity index (χ1v) is 8.87. The Morgan fingerprint density at radius 3 is 2.19 bits per heavy atom. The van der Waals surface area contributed by atoms with Gasteiger partial charge in [0.05, 0.1) is 5.69 Å². The van der Waals surface area contributed by atoms with Crippen molar-refractivity contribution >= 4 is 17.7 Å². The number of hydrogen-bond donors (Lipinski definition) is 1. The van der Waals surface area contributed by atoms with E-state index in [0.717, 1.165) is 32.4 Å². The molecule has 0 atom stereocenters. The number of halogens is 2. The molecule has 2 saturated heterocycles. The van der Waals surface area contributed by atoms with Gasteiger partial charge in [0, 0.05) is 52.5 Å². The van der Waals surface area contributed by atoms with Gasteiger partial charge in [-0.05, 0) is 19.3 Å². The second-order valence-corrected chi connectivity index (χ2v) is 6.64. The molecule has 8 nitrogen and oxygen atoms in total. The lowest BCUT2D eigenvalue weighted by atomic mass is 10.1. The zero-order valence-corrected chi connectivity index (χ0v) is 14.8. The minimum Gasteiger partial charge on any atom is -0.325 e. The highest BCUT2D eigenvalue weighted by Gasteiger charge is 2.28. The smallest absolute Gasteiger partial charge is 0.322 e. The summed E-state index contributed by atoms with van der Waals surface area (Å²) in [5, 5.41) is 6.17. The van der Waals surface area contributed by atoms with Gasteiger partial charge in [-0.3, -0.25) is 4.68 Å². The minimum atomic E-state index is -2.76. The van der Waals surface area contributed by atoms with Gasteiger partial charge in [-0.1, -0.05) is 0 Å². The molecule has 10 heteroatoms. The van der Waals surface area contributed by atoms with Crippen LogP contribution in [0.5, 0.6) is 0 Å². The Bertz CT molecular complexity index is 651. The molecule has 0 radical (unpaired) electrons. The average molecular weight is 370 g/mol. The summed E-state index contributed by atoms with van der Waals surface area (Å²) >= 11 is 0. The Morgan fingerprint density at radius 2 is 1.58 bits per heavy atom. The molecule has 0 aliphatic carbocycles. The molecule has 0 bridgehead atoms. The van der Waals surface area contributed by atoms with E-state index in [0.29, 0.717) is 26.2 Å². The van der Waals surface area contributed by atoms with E-state index in [1.807, 2.05) is 4.90 Å². The first-order chi connectivity index (χ1) is 12.5. The molecule has 2 fully saturated rings. The van der Waals surface area contributed by atoms with E-state index in [9.17, 15) is 18.4 Å². The van der Waals surface area contributed by atoms with Crippen molar-refractivity contribution in [3.63, 3.8) is 0 Å². The van der Waals surface area contributed by atoms with Gasteiger partial charge in [0.25, 0.3) is 6.43 Å². The third-order valence-corrected chi connectivity index (χ3v) is 4.77. The van der Waals surface area contributed by atoms with Crippen LogP contribution in [0.4, 0.5) is 24.1 Å². The topological polar surface area (TPSA) is 73.7 Å². The molecular weight excluding hydrogens is 346 g/mol. The van der Waals surface area contributed by atoms with Gasteiger partial charge in [-0.2, -0.15) is 5.10 Å². The van der Waals surface area contributed by atoms with Crippen LogP contribution in [-0.2, 0) is 7.05 Å². The maximum absolute atomic E-state index is 13.0. The second-order valence-electron chi connectivity index (χ2n) is 6.64. The molecule has 1 aromatic heterocycles. The molecule has 3 heterocycles. The molecule has 0 unspecified atom stereocenters. The quantitative estimate of drug-likeness (QED) is 0.867.